The molecule has 0 aromatic rings. The van der Waals surface area contributed by atoms with Gasteiger partial charge in [0.25, 0.3) is 0 Å². The standard InChI is InChI=1S/C12H15NO4/c1-8(14)16-7-12-6-9-3-2-4-13(9)10(12)5-11(15)17-12/h5,9H,2-4,6-7H2,1H3/t9-,12?/m1/s1. The van der Waals surface area contributed by atoms with E-state index in [-0.39, 0.29) is 18.5 Å². The molecule has 2 saturated heterocycles. The molecule has 3 aliphatic heterocycles. The summed E-state index contributed by atoms with van der Waals surface area (Å²) in [5.41, 5.74) is 0.208. The van der Waals surface area contributed by atoms with Crippen LogP contribution in [0.4, 0.5) is 0 Å². The second kappa shape index (κ2) is 3.48. The molecule has 92 valence electrons. The molecule has 3 rings (SSSR count). The summed E-state index contributed by atoms with van der Waals surface area (Å²) in [6, 6.07) is 0.435. The summed E-state index contributed by atoms with van der Waals surface area (Å²) in [7, 11) is 0. The summed E-state index contributed by atoms with van der Waals surface area (Å²) in [6.45, 7) is 2.48. The van der Waals surface area contributed by atoms with Crippen LogP contribution < -0.4 is 0 Å². The Kier molecular flexibility index (Phi) is 2.18. The van der Waals surface area contributed by atoms with Gasteiger partial charge in [0.05, 0.1) is 5.70 Å². The van der Waals surface area contributed by atoms with E-state index in [0.717, 1.165) is 31.5 Å². The Balaban J connectivity index is 1.86. The predicted octanol–water partition coefficient (Wildman–Crippen LogP) is 0.597. The predicted molar refractivity (Wildman–Crippen MR) is 57.9 cm³/mol. The van der Waals surface area contributed by atoms with Crippen molar-refractivity contribution in [3.8, 4) is 0 Å². The summed E-state index contributed by atoms with van der Waals surface area (Å²) in [4.78, 5) is 24.6. The number of ether oxygens (including phenoxy) is 2. The van der Waals surface area contributed by atoms with Crippen molar-refractivity contribution in [2.45, 2.75) is 37.8 Å². The third-order valence-corrected chi connectivity index (χ3v) is 3.78. The molecule has 3 aliphatic rings. The molecule has 0 amide bonds. The van der Waals surface area contributed by atoms with E-state index in [4.69, 9.17) is 9.47 Å². The van der Waals surface area contributed by atoms with Crippen LogP contribution in [0.5, 0.6) is 0 Å². The van der Waals surface area contributed by atoms with Gasteiger partial charge in [0, 0.05) is 32.0 Å². The zero-order valence-electron chi connectivity index (χ0n) is 9.77. The first kappa shape index (κ1) is 10.6. The average Bonchev–Trinajstić information content (AvgIpc) is 2.85. The summed E-state index contributed by atoms with van der Waals surface area (Å²) in [5.74, 6) is -0.661. The van der Waals surface area contributed by atoms with Gasteiger partial charge in [0.1, 0.15) is 6.61 Å². The lowest BCUT2D eigenvalue weighted by molar-refractivity contribution is -0.159. The molecule has 0 N–H and O–H groups in total. The van der Waals surface area contributed by atoms with Gasteiger partial charge in [-0.1, -0.05) is 0 Å². The average molecular weight is 237 g/mol. The molecule has 0 bridgehead atoms. The van der Waals surface area contributed by atoms with E-state index in [1.54, 1.807) is 6.08 Å². The van der Waals surface area contributed by atoms with Crippen molar-refractivity contribution < 1.29 is 19.1 Å². The van der Waals surface area contributed by atoms with Crippen molar-refractivity contribution in [1.82, 2.24) is 4.90 Å². The fraction of sp³-hybridized carbons (Fsp3) is 0.667. The SMILES string of the molecule is CC(=O)OCC12C[C@H]3CCCN3C1=CC(=O)O2. The Labute approximate surface area is 99.4 Å². The summed E-state index contributed by atoms with van der Waals surface area (Å²) >= 11 is 0. The third-order valence-electron chi connectivity index (χ3n) is 3.78. The minimum atomic E-state index is -0.701. The van der Waals surface area contributed by atoms with Crippen molar-refractivity contribution in [3.05, 3.63) is 11.8 Å². The van der Waals surface area contributed by atoms with Crippen LogP contribution in [0.25, 0.3) is 0 Å². The van der Waals surface area contributed by atoms with E-state index in [0.29, 0.717) is 6.04 Å². The molecular weight excluding hydrogens is 222 g/mol. The van der Waals surface area contributed by atoms with E-state index >= 15 is 0 Å². The molecule has 0 radical (unpaired) electrons. The zero-order chi connectivity index (χ0) is 12.0. The first-order valence-electron chi connectivity index (χ1n) is 5.96. The molecule has 0 saturated carbocycles. The third kappa shape index (κ3) is 1.52. The fourth-order valence-electron chi connectivity index (χ4n) is 3.13. The van der Waals surface area contributed by atoms with Gasteiger partial charge in [-0.3, -0.25) is 4.79 Å². The van der Waals surface area contributed by atoms with Crippen LogP contribution in [0.3, 0.4) is 0 Å². The summed E-state index contributed by atoms with van der Waals surface area (Å²) in [5, 5.41) is 0. The largest absolute Gasteiger partial charge is 0.461 e. The first-order valence-corrected chi connectivity index (χ1v) is 5.96. The van der Waals surface area contributed by atoms with Crippen LogP contribution in [-0.2, 0) is 19.1 Å². The van der Waals surface area contributed by atoms with Crippen LogP contribution in [0.15, 0.2) is 11.8 Å². The quantitative estimate of drug-likeness (QED) is 0.658. The molecule has 2 atom stereocenters. The highest BCUT2D eigenvalue weighted by atomic mass is 16.6. The molecule has 0 aromatic heterocycles. The number of hydrogen-bond donors (Lipinski definition) is 0. The highest BCUT2D eigenvalue weighted by Crippen LogP contribution is 2.47. The molecule has 5 nitrogen and oxygen atoms in total. The fourth-order valence-corrected chi connectivity index (χ4v) is 3.13. The second-order valence-electron chi connectivity index (χ2n) is 4.92. The van der Waals surface area contributed by atoms with Gasteiger partial charge in [-0.25, -0.2) is 4.79 Å². The molecule has 0 aliphatic carbocycles. The lowest BCUT2D eigenvalue weighted by atomic mass is 9.97. The summed E-state index contributed by atoms with van der Waals surface area (Å²) in [6.07, 6.45) is 4.57. The van der Waals surface area contributed by atoms with Gasteiger partial charge < -0.3 is 14.4 Å². The minimum Gasteiger partial charge on any atom is -0.461 e. The molecule has 3 heterocycles. The Hall–Kier alpha value is -1.52. The van der Waals surface area contributed by atoms with Gasteiger partial charge in [-0.05, 0) is 12.8 Å². The molecule has 1 unspecified atom stereocenters. The number of esters is 2. The number of hydrogen-bond acceptors (Lipinski definition) is 5. The van der Waals surface area contributed by atoms with Crippen LogP contribution in [-0.4, -0.2) is 41.6 Å². The number of nitrogens with zero attached hydrogens (tertiary/aromatic N) is 1. The van der Waals surface area contributed by atoms with Crippen LogP contribution in [0.1, 0.15) is 26.2 Å². The summed E-state index contributed by atoms with van der Waals surface area (Å²) < 4.78 is 10.5. The second-order valence-corrected chi connectivity index (χ2v) is 4.92. The maximum atomic E-state index is 11.4. The molecule has 0 aromatic carbocycles. The first-order chi connectivity index (χ1) is 8.11. The van der Waals surface area contributed by atoms with E-state index in [9.17, 15) is 9.59 Å². The topological polar surface area (TPSA) is 55.8 Å². The van der Waals surface area contributed by atoms with Crippen molar-refractivity contribution >= 4 is 11.9 Å². The van der Waals surface area contributed by atoms with Crippen molar-refractivity contribution in [2.24, 2.45) is 0 Å². The van der Waals surface area contributed by atoms with Gasteiger partial charge in [0.2, 0.25) is 0 Å². The Morgan fingerprint density at radius 1 is 1.71 bits per heavy atom. The highest BCUT2D eigenvalue weighted by molar-refractivity contribution is 5.87. The van der Waals surface area contributed by atoms with E-state index in [1.807, 2.05) is 0 Å². The zero-order valence-corrected chi connectivity index (χ0v) is 9.77. The molecule has 5 heteroatoms. The van der Waals surface area contributed by atoms with Gasteiger partial charge >= 0.3 is 11.9 Å². The van der Waals surface area contributed by atoms with E-state index in [2.05, 4.69) is 4.90 Å². The Morgan fingerprint density at radius 3 is 3.29 bits per heavy atom. The smallest absolute Gasteiger partial charge is 0.333 e. The van der Waals surface area contributed by atoms with Gasteiger partial charge in [-0.2, -0.15) is 0 Å². The van der Waals surface area contributed by atoms with Crippen molar-refractivity contribution in [3.63, 3.8) is 0 Å². The lowest BCUT2D eigenvalue weighted by Gasteiger charge is -2.26. The highest BCUT2D eigenvalue weighted by Gasteiger charge is 2.56. The Morgan fingerprint density at radius 2 is 2.53 bits per heavy atom. The number of carbonyl (C=O) groups is 2. The Bertz CT molecular complexity index is 417. The van der Waals surface area contributed by atoms with Crippen molar-refractivity contribution in [1.29, 1.82) is 0 Å². The monoisotopic (exact) mass is 237 g/mol. The van der Waals surface area contributed by atoms with E-state index in [1.165, 1.54) is 6.92 Å². The number of carbonyl (C=O) groups excluding carboxylic acids is 2. The van der Waals surface area contributed by atoms with Gasteiger partial charge in [0.15, 0.2) is 5.60 Å². The maximum absolute atomic E-state index is 11.4. The molecular formula is C12H15NO4. The van der Waals surface area contributed by atoms with E-state index < -0.39 is 5.60 Å². The van der Waals surface area contributed by atoms with Crippen LogP contribution >= 0.6 is 0 Å². The maximum Gasteiger partial charge on any atom is 0.333 e. The van der Waals surface area contributed by atoms with Crippen molar-refractivity contribution in [2.75, 3.05) is 13.2 Å². The van der Waals surface area contributed by atoms with Crippen LogP contribution in [0.2, 0.25) is 0 Å². The number of rotatable bonds is 2. The molecule has 0 spiro atoms. The lowest BCUT2D eigenvalue weighted by Crippen LogP contribution is -2.37. The molecule has 17 heavy (non-hydrogen) atoms. The van der Waals surface area contributed by atoms with Crippen LogP contribution in [0, 0.1) is 0 Å². The minimum absolute atomic E-state index is 0.146. The normalized spacial score (nSPS) is 34.2. The van der Waals surface area contributed by atoms with Gasteiger partial charge in [-0.15, -0.1) is 0 Å². The molecule has 2 fully saturated rings. The number of fused-ring (bicyclic) bond motifs is 3.